The molecule has 0 spiro atoms. The van der Waals surface area contributed by atoms with E-state index in [0.29, 0.717) is 16.9 Å². The van der Waals surface area contributed by atoms with E-state index in [1.165, 1.54) is 0 Å². The zero-order valence-electron chi connectivity index (χ0n) is 27.9. The smallest absolute Gasteiger partial charge is 0.314 e. The highest BCUT2D eigenvalue weighted by atomic mass is 16.5. The van der Waals surface area contributed by atoms with Gasteiger partial charge in [-0.2, -0.15) is 0 Å². The van der Waals surface area contributed by atoms with E-state index in [1.54, 1.807) is 12.1 Å². The number of aliphatic hydroxyl groups excluding tert-OH is 1. The van der Waals surface area contributed by atoms with Crippen LogP contribution in [0.4, 0.5) is 0 Å². The first-order chi connectivity index (χ1) is 19.1. The summed E-state index contributed by atoms with van der Waals surface area (Å²) < 4.78 is 17.5. The van der Waals surface area contributed by atoms with Gasteiger partial charge in [-0.1, -0.05) is 83.1 Å². The molecule has 2 aromatic rings. The average molecular weight is 587 g/mol. The number of benzene rings is 2. The highest BCUT2D eigenvalue weighted by Crippen LogP contribution is 2.43. The molecule has 1 atom stereocenters. The highest BCUT2D eigenvalue weighted by molar-refractivity contribution is 5.74. The molecule has 0 aliphatic heterocycles. The van der Waals surface area contributed by atoms with Crippen molar-refractivity contribution in [2.75, 3.05) is 26.4 Å². The van der Waals surface area contributed by atoms with Crippen LogP contribution in [0.3, 0.4) is 0 Å². The van der Waals surface area contributed by atoms with Gasteiger partial charge >= 0.3 is 5.97 Å². The van der Waals surface area contributed by atoms with Crippen molar-refractivity contribution in [1.29, 1.82) is 0 Å². The maximum atomic E-state index is 13.5. The van der Waals surface area contributed by atoms with Crippen LogP contribution in [0.25, 0.3) is 0 Å². The standard InChI is InChI=1S/C35H54O7/c1-32(2,3)24-17-22(18-25(30(24)38)33(4,5)6)28(41-16-15-40-14-13-36)21-29(37)42-23-19-26(34(7,8)9)31(39)27(20-23)35(10,11)12/h17-20,28,36,38-39H,13-16,21H2,1-12H3. The molecule has 7 nitrogen and oxygen atoms in total. The van der Waals surface area contributed by atoms with Crippen molar-refractivity contribution >= 4 is 5.97 Å². The maximum Gasteiger partial charge on any atom is 0.314 e. The molecule has 0 radical (unpaired) electrons. The summed E-state index contributed by atoms with van der Waals surface area (Å²) in [7, 11) is 0. The Balaban J connectivity index is 2.54. The summed E-state index contributed by atoms with van der Waals surface area (Å²) in [5.74, 6) is 0.353. The van der Waals surface area contributed by atoms with Crippen LogP contribution in [0, 0.1) is 0 Å². The molecule has 1 unspecified atom stereocenters. The lowest BCUT2D eigenvalue weighted by Crippen LogP contribution is -2.22. The topological polar surface area (TPSA) is 105 Å². The first-order valence-electron chi connectivity index (χ1n) is 14.8. The normalized spacial score (nSPS) is 13.7. The molecule has 0 amide bonds. The molecule has 0 heterocycles. The minimum Gasteiger partial charge on any atom is -0.507 e. The van der Waals surface area contributed by atoms with Crippen LogP contribution in [0.5, 0.6) is 17.2 Å². The molecule has 0 fully saturated rings. The van der Waals surface area contributed by atoms with Crippen LogP contribution in [-0.2, 0) is 35.9 Å². The number of carbonyl (C=O) groups excluding carboxylic acids is 1. The molecule has 42 heavy (non-hydrogen) atoms. The van der Waals surface area contributed by atoms with Crippen molar-refractivity contribution in [3.05, 3.63) is 52.1 Å². The monoisotopic (exact) mass is 586 g/mol. The molecule has 2 aromatic carbocycles. The lowest BCUT2D eigenvalue weighted by Gasteiger charge is -2.30. The molecule has 0 aliphatic rings. The Kier molecular flexibility index (Phi) is 11.3. The Morgan fingerprint density at radius 3 is 1.45 bits per heavy atom. The third-order valence-corrected chi connectivity index (χ3v) is 7.19. The highest BCUT2D eigenvalue weighted by Gasteiger charge is 2.31. The summed E-state index contributed by atoms with van der Waals surface area (Å²) in [6, 6.07) is 7.29. The average Bonchev–Trinajstić information content (AvgIpc) is 2.81. The number of carbonyl (C=O) groups is 1. The summed E-state index contributed by atoms with van der Waals surface area (Å²) in [5, 5.41) is 31.3. The van der Waals surface area contributed by atoms with Crippen LogP contribution in [0.2, 0.25) is 0 Å². The predicted molar refractivity (Wildman–Crippen MR) is 168 cm³/mol. The number of phenolic OH excluding ortho intramolecular Hbond substituents is 2. The number of aliphatic hydroxyl groups is 1. The summed E-state index contributed by atoms with van der Waals surface area (Å²) in [6.45, 7) is 24.8. The fourth-order valence-corrected chi connectivity index (χ4v) is 4.81. The van der Waals surface area contributed by atoms with Crippen molar-refractivity contribution in [2.45, 2.75) is 117 Å². The van der Waals surface area contributed by atoms with E-state index in [4.69, 9.17) is 19.3 Å². The fraction of sp³-hybridized carbons (Fsp3) is 0.629. The molecule has 2 rings (SSSR count). The van der Waals surface area contributed by atoms with Gasteiger partial charge in [0.15, 0.2) is 0 Å². The Morgan fingerprint density at radius 1 is 0.667 bits per heavy atom. The summed E-state index contributed by atoms with van der Waals surface area (Å²) in [5.41, 5.74) is 2.26. The number of hydrogen-bond donors (Lipinski definition) is 3. The Labute approximate surface area is 253 Å². The lowest BCUT2D eigenvalue weighted by molar-refractivity contribution is -0.138. The lowest BCUT2D eigenvalue weighted by atomic mass is 9.77. The Bertz CT molecular complexity index is 1150. The van der Waals surface area contributed by atoms with Gasteiger partial charge in [-0.15, -0.1) is 0 Å². The van der Waals surface area contributed by atoms with Crippen LogP contribution in [-0.4, -0.2) is 47.7 Å². The van der Waals surface area contributed by atoms with Gasteiger partial charge in [-0.05, 0) is 62.6 Å². The molecule has 0 saturated carbocycles. The van der Waals surface area contributed by atoms with Crippen molar-refractivity contribution in [1.82, 2.24) is 0 Å². The van der Waals surface area contributed by atoms with E-state index in [0.717, 1.165) is 16.7 Å². The number of hydrogen-bond acceptors (Lipinski definition) is 7. The largest absolute Gasteiger partial charge is 0.507 e. The van der Waals surface area contributed by atoms with Crippen molar-refractivity contribution < 1.29 is 34.3 Å². The summed E-state index contributed by atoms with van der Waals surface area (Å²) >= 11 is 0. The molecule has 3 N–H and O–H groups in total. The second kappa shape index (κ2) is 13.4. The molecule has 0 saturated heterocycles. The SMILES string of the molecule is CC(C)(C)c1cc(OC(=O)CC(OCCOCCO)c2cc(C(C)(C)C)c(O)c(C(C)(C)C)c2)cc(C(C)(C)C)c1O. The first kappa shape index (κ1) is 35.6. The molecule has 236 valence electrons. The van der Waals surface area contributed by atoms with Gasteiger partial charge in [-0.25, -0.2) is 0 Å². The maximum absolute atomic E-state index is 13.5. The summed E-state index contributed by atoms with van der Waals surface area (Å²) in [4.78, 5) is 13.5. The van der Waals surface area contributed by atoms with Gasteiger partial charge in [0, 0.05) is 11.1 Å². The van der Waals surface area contributed by atoms with E-state index in [9.17, 15) is 15.0 Å². The van der Waals surface area contributed by atoms with Crippen LogP contribution in [0.15, 0.2) is 24.3 Å². The van der Waals surface area contributed by atoms with E-state index < -0.39 is 12.1 Å². The van der Waals surface area contributed by atoms with Gasteiger partial charge in [0.2, 0.25) is 0 Å². The van der Waals surface area contributed by atoms with Gasteiger partial charge in [0.1, 0.15) is 17.2 Å². The number of ether oxygens (including phenoxy) is 3. The Morgan fingerprint density at radius 2 is 1.07 bits per heavy atom. The first-order valence-corrected chi connectivity index (χ1v) is 14.8. The van der Waals surface area contributed by atoms with Crippen LogP contribution in [0.1, 0.15) is 123 Å². The zero-order valence-corrected chi connectivity index (χ0v) is 27.9. The fourth-order valence-electron chi connectivity index (χ4n) is 4.81. The predicted octanol–water partition coefficient (Wildman–Crippen LogP) is 7.35. The second-order valence-corrected chi connectivity index (χ2v) is 15.2. The van der Waals surface area contributed by atoms with Gasteiger partial charge in [0.25, 0.3) is 0 Å². The minimum absolute atomic E-state index is 0.0749. The summed E-state index contributed by atoms with van der Waals surface area (Å²) in [6.07, 6.45) is -0.742. The number of aromatic hydroxyl groups is 2. The van der Waals surface area contributed by atoms with E-state index in [-0.39, 0.29) is 66.0 Å². The zero-order chi connectivity index (χ0) is 32.3. The third kappa shape index (κ3) is 9.45. The molecule has 7 heteroatoms. The van der Waals surface area contributed by atoms with E-state index in [2.05, 4.69) is 0 Å². The Hall–Kier alpha value is -2.61. The molecule has 0 aliphatic carbocycles. The minimum atomic E-state index is -0.667. The van der Waals surface area contributed by atoms with Crippen molar-refractivity contribution in [2.24, 2.45) is 0 Å². The van der Waals surface area contributed by atoms with Crippen molar-refractivity contribution in [3.63, 3.8) is 0 Å². The van der Waals surface area contributed by atoms with Crippen LogP contribution < -0.4 is 4.74 Å². The van der Waals surface area contributed by atoms with Gasteiger partial charge < -0.3 is 29.5 Å². The second-order valence-electron chi connectivity index (χ2n) is 15.2. The number of phenols is 2. The number of rotatable bonds is 10. The van der Waals surface area contributed by atoms with E-state index in [1.807, 2.05) is 95.2 Å². The quantitative estimate of drug-likeness (QED) is 0.152. The number of esters is 1. The third-order valence-electron chi connectivity index (χ3n) is 7.19. The molecular formula is C35H54O7. The van der Waals surface area contributed by atoms with E-state index >= 15 is 0 Å². The van der Waals surface area contributed by atoms with Crippen molar-refractivity contribution in [3.8, 4) is 17.2 Å². The molecule has 0 aromatic heterocycles. The van der Waals surface area contributed by atoms with Gasteiger partial charge in [-0.3, -0.25) is 4.79 Å². The molecule has 0 bridgehead atoms. The van der Waals surface area contributed by atoms with Crippen LogP contribution >= 0.6 is 0 Å². The van der Waals surface area contributed by atoms with Gasteiger partial charge in [0.05, 0.1) is 39.0 Å². The molecular weight excluding hydrogens is 532 g/mol.